The van der Waals surface area contributed by atoms with E-state index in [1.165, 1.54) is 24.3 Å². The first-order valence-corrected chi connectivity index (χ1v) is 5.73. The zero-order chi connectivity index (χ0) is 15.6. The number of nitrogens with two attached hydrogens (primary N) is 1. The van der Waals surface area contributed by atoms with Crippen LogP contribution in [0.1, 0.15) is 5.56 Å². The standard InChI is InChI=1S/C14H9F4NO2/c15-12-9(5-3-6-10(12)14(16,17)18)8-4-1-2-7-11(8)21-13(19)20/h1-7H,(H2,19,20). The van der Waals surface area contributed by atoms with Crippen molar-refractivity contribution in [3.63, 3.8) is 0 Å². The molecule has 0 fully saturated rings. The molecule has 110 valence electrons. The highest BCUT2D eigenvalue weighted by molar-refractivity contribution is 5.76. The molecule has 0 heterocycles. The van der Waals surface area contributed by atoms with Crippen LogP contribution >= 0.6 is 0 Å². The summed E-state index contributed by atoms with van der Waals surface area (Å²) in [5, 5.41) is 0. The van der Waals surface area contributed by atoms with Gasteiger partial charge >= 0.3 is 12.3 Å². The Morgan fingerprint density at radius 3 is 2.24 bits per heavy atom. The summed E-state index contributed by atoms with van der Waals surface area (Å²) < 4.78 is 56.9. The Morgan fingerprint density at radius 2 is 1.62 bits per heavy atom. The number of carbonyl (C=O) groups excluding carboxylic acids is 1. The molecule has 0 unspecified atom stereocenters. The quantitative estimate of drug-likeness (QED) is 0.853. The summed E-state index contributed by atoms with van der Waals surface area (Å²) in [6.07, 6.45) is -5.96. The summed E-state index contributed by atoms with van der Waals surface area (Å²) in [6.45, 7) is 0. The molecule has 2 aromatic rings. The maximum atomic E-state index is 14.1. The Kier molecular flexibility index (Phi) is 3.84. The number of hydrogen-bond acceptors (Lipinski definition) is 2. The van der Waals surface area contributed by atoms with Gasteiger partial charge in [0, 0.05) is 11.1 Å². The summed E-state index contributed by atoms with van der Waals surface area (Å²) in [6, 6.07) is 8.46. The summed E-state index contributed by atoms with van der Waals surface area (Å²) in [7, 11) is 0. The first kappa shape index (κ1) is 14.8. The largest absolute Gasteiger partial charge is 0.419 e. The van der Waals surface area contributed by atoms with Gasteiger partial charge in [-0.05, 0) is 12.1 Å². The van der Waals surface area contributed by atoms with Crippen LogP contribution in [0.4, 0.5) is 22.4 Å². The predicted octanol–water partition coefficient (Wildman–Crippen LogP) is 3.97. The normalized spacial score (nSPS) is 11.2. The number of amides is 1. The van der Waals surface area contributed by atoms with E-state index in [4.69, 9.17) is 5.73 Å². The van der Waals surface area contributed by atoms with Gasteiger partial charge in [-0.15, -0.1) is 0 Å². The molecule has 0 bridgehead atoms. The van der Waals surface area contributed by atoms with Crippen molar-refractivity contribution < 1.29 is 27.1 Å². The SMILES string of the molecule is NC(=O)Oc1ccccc1-c1cccc(C(F)(F)F)c1F. The van der Waals surface area contributed by atoms with Crippen LogP contribution in [-0.2, 0) is 6.18 Å². The topological polar surface area (TPSA) is 52.3 Å². The lowest BCUT2D eigenvalue weighted by atomic mass is 10.0. The van der Waals surface area contributed by atoms with Gasteiger partial charge in [-0.2, -0.15) is 13.2 Å². The Bertz CT molecular complexity index is 683. The van der Waals surface area contributed by atoms with Crippen LogP contribution in [0, 0.1) is 5.82 Å². The number of rotatable bonds is 2. The summed E-state index contributed by atoms with van der Waals surface area (Å²) in [5.74, 6) is -1.56. The van der Waals surface area contributed by atoms with Crippen molar-refractivity contribution in [1.82, 2.24) is 0 Å². The van der Waals surface area contributed by atoms with Gasteiger partial charge in [-0.1, -0.05) is 30.3 Å². The van der Waals surface area contributed by atoms with Crippen molar-refractivity contribution in [1.29, 1.82) is 0 Å². The number of benzene rings is 2. The Morgan fingerprint density at radius 1 is 1.00 bits per heavy atom. The fraction of sp³-hybridized carbons (Fsp3) is 0.0714. The molecule has 0 aliphatic carbocycles. The molecule has 1 amide bonds. The van der Waals surface area contributed by atoms with E-state index in [9.17, 15) is 22.4 Å². The van der Waals surface area contributed by atoms with E-state index in [-0.39, 0.29) is 16.9 Å². The molecule has 0 aliphatic rings. The van der Waals surface area contributed by atoms with Crippen LogP contribution in [0.15, 0.2) is 42.5 Å². The first-order chi connectivity index (χ1) is 9.80. The van der Waals surface area contributed by atoms with Crippen molar-refractivity contribution in [3.05, 3.63) is 53.8 Å². The number of hydrogen-bond donors (Lipinski definition) is 1. The number of carbonyl (C=O) groups is 1. The van der Waals surface area contributed by atoms with Crippen molar-refractivity contribution in [2.75, 3.05) is 0 Å². The van der Waals surface area contributed by atoms with E-state index in [0.29, 0.717) is 6.07 Å². The lowest BCUT2D eigenvalue weighted by Gasteiger charge is -2.13. The zero-order valence-corrected chi connectivity index (χ0v) is 10.4. The van der Waals surface area contributed by atoms with Crippen molar-refractivity contribution >= 4 is 6.09 Å². The smallest absolute Gasteiger partial charge is 0.410 e. The third-order valence-corrected chi connectivity index (χ3v) is 2.69. The highest BCUT2D eigenvalue weighted by atomic mass is 19.4. The van der Waals surface area contributed by atoms with Gasteiger partial charge in [0.15, 0.2) is 0 Å². The first-order valence-electron chi connectivity index (χ1n) is 5.73. The number of ether oxygens (including phenoxy) is 1. The Balaban J connectivity index is 2.61. The number of para-hydroxylation sites is 1. The Hall–Kier alpha value is -2.57. The molecule has 2 rings (SSSR count). The monoisotopic (exact) mass is 299 g/mol. The average Bonchev–Trinajstić information content (AvgIpc) is 2.38. The molecule has 21 heavy (non-hydrogen) atoms. The summed E-state index contributed by atoms with van der Waals surface area (Å²) in [5.41, 5.74) is 3.15. The number of alkyl halides is 3. The minimum absolute atomic E-state index is 0.0000926. The minimum Gasteiger partial charge on any atom is -0.410 e. The van der Waals surface area contributed by atoms with Gasteiger partial charge in [0.1, 0.15) is 11.6 Å². The molecule has 0 aromatic heterocycles. The predicted molar refractivity (Wildman–Crippen MR) is 67.0 cm³/mol. The summed E-state index contributed by atoms with van der Waals surface area (Å²) in [4.78, 5) is 10.8. The van der Waals surface area contributed by atoms with Gasteiger partial charge < -0.3 is 10.5 Å². The fourth-order valence-corrected chi connectivity index (χ4v) is 1.85. The van der Waals surface area contributed by atoms with Gasteiger partial charge in [0.25, 0.3) is 0 Å². The maximum Gasteiger partial charge on any atom is 0.419 e. The van der Waals surface area contributed by atoms with Crippen LogP contribution in [0.3, 0.4) is 0 Å². The Labute approximate surface area is 116 Å². The molecule has 0 spiro atoms. The highest BCUT2D eigenvalue weighted by Gasteiger charge is 2.35. The molecular weight excluding hydrogens is 290 g/mol. The highest BCUT2D eigenvalue weighted by Crippen LogP contribution is 2.38. The minimum atomic E-state index is -4.82. The molecule has 0 atom stereocenters. The molecule has 2 N–H and O–H groups in total. The second kappa shape index (κ2) is 5.43. The van der Waals surface area contributed by atoms with Crippen LogP contribution in [0.2, 0.25) is 0 Å². The van der Waals surface area contributed by atoms with Crippen molar-refractivity contribution in [2.45, 2.75) is 6.18 Å². The van der Waals surface area contributed by atoms with Crippen molar-refractivity contribution in [3.8, 4) is 16.9 Å². The number of halogens is 4. The lowest BCUT2D eigenvalue weighted by Crippen LogP contribution is -2.16. The average molecular weight is 299 g/mol. The number of primary amides is 1. The van der Waals surface area contributed by atoms with Crippen molar-refractivity contribution in [2.24, 2.45) is 5.73 Å². The molecule has 0 saturated heterocycles. The lowest BCUT2D eigenvalue weighted by molar-refractivity contribution is -0.139. The van der Waals surface area contributed by atoms with Crippen LogP contribution < -0.4 is 10.5 Å². The molecule has 3 nitrogen and oxygen atoms in total. The van der Waals surface area contributed by atoms with Gasteiger partial charge in [0.2, 0.25) is 0 Å². The molecule has 0 aliphatic heterocycles. The second-order valence-corrected chi connectivity index (χ2v) is 4.08. The molecule has 0 saturated carbocycles. The summed E-state index contributed by atoms with van der Waals surface area (Å²) >= 11 is 0. The molecule has 0 radical (unpaired) electrons. The van der Waals surface area contributed by atoms with Gasteiger partial charge in [-0.25, -0.2) is 9.18 Å². The van der Waals surface area contributed by atoms with Crippen LogP contribution in [0.5, 0.6) is 5.75 Å². The van der Waals surface area contributed by atoms with E-state index in [1.54, 1.807) is 0 Å². The van der Waals surface area contributed by atoms with E-state index < -0.39 is 23.7 Å². The van der Waals surface area contributed by atoms with E-state index in [2.05, 4.69) is 4.74 Å². The van der Waals surface area contributed by atoms with Crippen LogP contribution in [0.25, 0.3) is 11.1 Å². The third-order valence-electron chi connectivity index (χ3n) is 2.69. The van der Waals surface area contributed by atoms with Crippen LogP contribution in [-0.4, -0.2) is 6.09 Å². The van der Waals surface area contributed by atoms with E-state index in [1.807, 2.05) is 0 Å². The fourth-order valence-electron chi connectivity index (χ4n) is 1.85. The van der Waals surface area contributed by atoms with E-state index >= 15 is 0 Å². The molecule has 2 aromatic carbocycles. The molecular formula is C14H9F4NO2. The van der Waals surface area contributed by atoms with Gasteiger partial charge in [0.05, 0.1) is 5.56 Å². The molecule has 7 heteroatoms. The van der Waals surface area contributed by atoms with E-state index in [0.717, 1.165) is 12.1 Å². The second-order valence-electron chi connectivity index (χ2n) is 4.08. The third kappa shape index (κ3) is 3.13. The van der Waals surface area contributed by atoms with Gasteiger partial charge in [-0.3, -0.25) is 0 Å². The maximum absolute atomic E-state index is 14.1. The zero-order valence-electron chi connectivity index (χ0n) is 10.4.